The second-order valence-electron chi connectivity index (χ2n) is 10.8. The Hall–Kier alpha value is -3.15. The molecule has 5 rings (SSSR count). The van der Waals surface area contributed by atoms with Gasteiger partial charge < -0.3 is 14.8 Å². The number of hydrogen-bond acceptors (Lipinski definition) is 10. The Kier molecular flexibility index (Phi) is 8.15. The summed E-state index contributed by atoms with van der Waals surface area (Å²) in [4.78, 5) is 15.9. The average molecular weight is 550 g/mol. The molecule has 0 spiro atoms. The molecule has 1 N–H and O–H groups in total. The molecule has 200 valence electrons. The summed E-state index contributed by atoms with van der Waals surface area (Å²) >= 11 is 1.65. The van der Waals surface area contributed by atoms with Gasteiger partial charge in [-0.05, 0) is 49.2 Å². The summed E-state index contributed by atoms with van der Waals surface area (Å²) in [6, 6.07) is 10.8. The molecule has 0 amide bonds. The van der Waals surface area contributed by atoms with Gasteiger partial charge in [-0.3, -0.25) is 9.88 Å². The van der Waals surface area contributed by atoms with Crippen molar-refractivity contribution in [1.82, 2.24) is 25.1 Å². The zero-order valence-corrected chi connectivity index (χ0v) is 24.3. The van der Waals surface area contributed by atoms with Crippen molar-refractivity contribution in [3.8, 4) is 5.88 Å². The number of hydrogen-bond donors (Lipinski definition) is 1. The van der Waals surface area contributed by atoms with Crippen LogP contribution in [0.1, 0.15) is 36.6 Å². The predicted octanol–water partition coefficient (Wildman–Crippen LogP) is 6.74. The lowest BCUT2D eigenvalue weighted by atomic mass is 10.1. The average Bonchev–Trinajstić information content (AvgIpc) is 3.61. The van der Waals surface area contributed by atoms with Crippen molar-refractivity contribution in [3.05, 3.63) is 47.7 Å². The first-order valence-electron chi connectivity index (χ1n) is 13.1. The molecule has 4 aromatic heterocycles. The zero-order chi connectivity index (χ0) is 26.5. The van der Waals surface area contributed by atoms with Crippen LogP contribution in [-0.2, 0) is 4.74 Å². The summed E-state index contributed by atoms with van der Waals surface area (Å²) in [6.07, 6.45) is 8.40. The minimum Gasteiger partial charge on any atom is -0.480 e. The SMILES string of the molecule is COc1ncccc1Nc1cnc2ccc(N(COCC[Si](C)(C)C)c3nnc(C4CCCC4)s3)nc2c1. The van der Waals surface area contributed by atoms with Crippen LogP contribution in [0.4, 0.5) is 22.3 Å². The highest BCUT2D eigenvalue weighted by Crippen LogP contribution is 2.38. The van der Waals surface area contributed by atoms with Gasteiger partial charge >= 0.3 is 0 Å². The van der Waals surface area contributed by atoms with Crippen LogP contribution >= 0.6 is 11.3 Å². The number of ether oxygens (including phenoxy) is 2. The monoisotopic (exact) mass is 549 g/mol. The number of pyridine rings is 3. The standard InChI is InChI=1S/C27H35N7O2SSi/c1-35-25-22(10-7-13-28-25)30-20-16-23-21(29-17-20)11-12-24(31-23)34(18-36-14-15-38(2,3)4)27-33-32-26(37-27)19-8-5-6-9-19/h7,10-13,16-17,19,30H,5-6,8-9,14-15,18H2,1-4H3. The summed E-state index contributed by atoms with van der Waals surface area (Å²) in [5.41, 5.74) is 3.13. The Morgan fingerprint density at radius 1 is 1.08 bits per heavy atom. The molecule has 0 saturated heterocycles. The Bertz CT molecular complexity index is 1370. The normalized spacial score (nSPS) is 14.2. The van der Waals surface area contributed by atoms with Crippen LogP contribution in [0.3, 0.4) is 0 Å². The van der Waals surface area contributed by atoms with Crippen LogP contribution in [0.25, 0.3) is 11.0 Å². The van der Waals surface area contributed by atoms with Gasteiger partial charge in [0, 0.05) is 26.8 Å². The van der Waals surface area contributed by atoms with Gasteiger partial charge in [0.05, 0.1) is 30.0 Å². The Balaban J connectivity index is 1.42. The van der Waals surface area contributed by atoms with Crippen molar-refractivity contribution in [3.63, 3.8) is 0 Å². The second kappa shape index (κ2) is 11.7. The van der Waals surface area contributed by atoms with Crippen LogP contribution in [0.5, 0.6) is 5.88 Å². The first-order chi connectivity index (χ1) is 18.4. The lowest BCUT2D eigenvalue weighted by molar-refractivity contribution is 0.153. The minimum absolute atomic E-state index is 0.376. The maximum Gasteiger partial charge on any atom is 0.237 e. The van der Waals surface area contributed by atoms with Gasteiger partial charge in [0.15, 0.2) is 0 Å². The number of nitrogens with zero attached hydrogens (tertiary/aromatic N) is 6. The Labute approximate surface area is 228 Å². The highest BCUT2D eigenvalue weighted by atomic mass is 32.1. The van der Waals surface area contributed by atoms with E-state index in [-0.39, 0.29) is 0 Å². The van der Waals surface area contributed by atoms with Crippen molar-refractivity contribution in [2.75, 3.05) is 30.7 Å². The molecule has 11 heteroatoms. The zero-order valence-electron chi connectivity index (χ0n) is 22.5. The molecule has 9 nitrogen and oxygen atoms in total. The molecule has 0 aromatic carbocycles. The van der Waals surface area contributed by atoms with E-state index in [1.54, 1.807) is 30.8 Å². The van der Waals surface area contributed by atoms with Crippen molar-refractivity contribution < 1.29 is 9.47 Å². The predicted molar refractivity (Wildman–Crippen MR) is 156 cm³/mol. The molecule has 38 heavy (non-hydrogen) atoms. The minimum atomic E-state index is -1.20. The highest BCUT2D eigenvalue weighted by molar-refractivity contribution is 7.15. The van der Waals surface area contributed by atoms with E-state index in [0.29, 0.717) is 18.5 Å². The van der Waals surface area contributed by atoms with Crippen LogP contribution in [-0.4, -0.2) is 53.7 Å². The molecule has 0 atom stereocenters. The van der Waals surface area contributed by atoms with Crippen LogP contribution < -0.4 is 15.0 Å². The van der Waals surface area contributed by atoms with Gasteiger partial charge in [-0.2, -0.15) is 0 Å². The van der Waals surface area contributed by atoms with Crippen molar-refractivity contribution in [2.45, 2.75) is 57.3 Å². The first-order valence-corrected chi connectivity index (χ1v) is 17.6. The molecule has 4 aromatic rings. The largest absolute Gasteiger partial charge is 0.480 e. The quantitative estimate of drug-likeness (QED) is 0.124. The van der Waals surface area contributed by atoms with E-state index in [0.717, 1.165) is 51.0 Å². The molecule has 0 aliphatic heterocycles. The number of fused-ring (bicyclic) bond motifs is 1. The molecular weight excluding hydrogens is 514 g/mol. The van der Waals surface area contributed by atoms with E-state index in [2.05, 4.69) is 45.1 Å². The second-order valence-corrected chi connectivity index (χ2v) is 17.4. The lowest BCUT2D eigenvalue weighted by Crippen LogP contribution is -2.26. The fourth-order valence-electron chi connectivity index (χ4n) is 4.45. The third-order valence-electron chi connectivity index (χ3n) is 6.62. The van der Waals surface area contributed by atoms with E-state index >= 15 is 0 Å². The van der Waals surface area contributed by atoms with Gasteiger partial charge in [-0.15, -0.1) is 10.2 Å². The summed E-state index contributed by atoms with van der Waals surface area (Å²) in [7, 11) is 0.407. The fourth-order valence-corrected chi connectivity index (χ4v) is 6.21. The molecule has 1 aliphatic carbocycles. The molecule has 0 bridgehead atoms. The number of nitrogens with one attached hydrogen (secondary N) is 1. The van der Waals surface area contributed by atoms with Gasteiger partial charge in [-0.1, -0.05) is 43.8 Å². The van der Waals surface area contributed by atoms with E-state index < -0.39 is 8.07 Å². The van der Waals surface area contributed by atoms with E-state index in [9.17, 15) is 0 Å². The Morgan fingerprint density at radius 3 is 2.71 bits per heavy atom. The summed E-state index contributed by atoms with van der Waals surface area (Å²) in [6.45, 7) is 8.17. The third kappa shape index (κ3) is 6.45. The lowest BCUT2D eigenvalue weighted by Gasteiger charge is -2.22. The number of anilines is 4. The Morgan fingerprint density at radius 2 is 1.92 bits per heavy atom. The molecule has 1 aliphatic rings. The molecule has 1 saturated carbocycles. The smallest absolute Gasteiger partial charge is 0.237 e. The van der Waals surface area contributed by atoms with E-state index in [1.807, 2.05) is 35.2 Å². The molecular formula is C27H35N7O2SSi. The molecule has 0 radical (unpaired) electrons. The molecule has 1 fully saturated rings. The van der Waals surface area contributed by atoms with Crippen molar-refractivity contribution >= 4 is 52.8 Å². The number of aromatic nitrogens is 5. The van der Waals surface area contributed by atoms with Crippen molar-refractivity contribution in [2.24, 2.45) is 0 Å². The first kappa shape index (κ1) is 26.5. The summed E-state index contributed by atoms with van der Waals surface area (Å²) < 4.78 is 11.5. The van der Waals surface area contributed by atoms with Crippen LogP contribution in [0.15, 0.2) is 42.7 Å². The van der Waals surface area contributed by atoms with E-state index in [4.69, 9.17) is 14.5 Å². The number of methoxy groups -OCH3 is 1. The van der Waals surface area contributed by atoms with Crippen molar-refractivity contribution in [1.29, 1.82) is 0 Å². The van der Waals surface area contributed by atoms with Crippen LogP contribution in [0, 0.1) is 0 Å². The number of rotatable bonds is 11. The van der Waals surface area contributed by atoms with Gasteiger partial charge in [-0.25, -0.2) is 9.97 Å². The summed E-state index contributed by atoms with van der Waals surface area (Å²) in [5.74, 6) is 1.80. The maximum absolute atomic E-state index is 6.17. The van der Waals surface area contributed by atoms with Gasteiger partial charge in [0.1, 0.15) is 23.2 Å². The topological polar surface area (TPSA) is 98.2 Å². The van der Waals surface area contributed by atoms with Crippen LogP contribution in [0.2, 0.25) is 25.7 Å². The maximum atomic E-state index is 6.17. The van der Waals surface area contributed by atoms with Gasteiger partial charge in [0.2, 0.25) is 11.0 Å². The molecule has 4 heterocycles. The molecule has 0 unspecified atom stereocenters. The summed E-state index contributed by atoms with van der Waals surface area (Å²) in [5, 5.41) is 14.4. The highest BCUT2D eigenvalue weighted by Gasteiger charge is 2.24. The van der Waals surface area contributed by atoms with Gasteiger partial charge in [0.25, 0.3) is 0 Å². The van der Waals surface area contributed by atoms with E-state index in [1.165, 1.54) is 25.7 Å². The fraction of sp³-hybridized carbons (Fsp3) is 0.444. The third-order valence-corrected chi connectivity index (χ3v) is 9.44.